The van der Waals surface area contributed by atoms with Gasteiger partial charge in [-0.25, -0.2) is 4.98 Å². The molecule has 4 nitrogen and oxygen atoms in total. The van der Waals surface area contributed by atoms with E-state index in [0.29, 0.717) is 18.4 Å². The highest BCUT2D eigenvalue weighted by Gasteiger charge is 2.12. The molecule has 0 saturated carbocycles. The fraction of sp³-hybridized carbons (Fsp3) is 0.667. The van der Waals surface area contributed by atoms with Gasteiger partial charge in [-0.2, -0.15) is 0 Å². The third-order valence-electron chi connectivity index (χ3n) is 2.10. The number of thiazole rings is 1. The first kappa shape index (κ1) is 14.0. The van der Waals surface area contributed by atoms with Gasteiger partial charge in [0.2, 0.25) is 0 Å². The van der Waals surface area contributed by atoms with Gasteiger partial charge in [0.15, 0.2) is 5.96 Å². The van der Waals surface area contributed by atoms with Crippen LogP contribution < -0.4 is 11.1 Å². The minimum absolute atomic E-state index is 0.0470. The summed E-state index contributed by atoms with van der Waals surface area (Å²) in [6.07, 6.45) is 1.90. The quantitative estimate of drug-likeness (QED) is 0.642. The molecule has 0 radical (unpaired) electrons. The van der Waals surface area contributed by atoms with Crippen molar-refractivity contribution in [2.45, 2.75) is 46.1 Å². The third-order valence-corrected chi connectivity index (χ3v) is 3.24. The smallest absolute Gasteiger partial charge is 0.189 e. The molecule has 96 valence electrons. The largest absolute Gasteiger partial charge is 0.370 e. The molecule has 0 saturated heterocycles. The lowest BCUT2D eigenvalue weighted by atomic mass is 10.1. The minimum Gasteiger partial charge on any atom is -0.370 e. The van der Waals surface area contributed by atoms with Crippen molar-refractivity contribution in [2.24, 2.45) is 10.7 Å². The topological polar surface area (TPSA) is 63.3 Å². The Morgan fingerprint density at radius 1 is 1.59 bits per heavy atom. The molecule has 0 spiro atoms. The van der Waals surface area contributed by atoms with Gasteiger partial charge in [-0.15, -0.1) is 11.3 Å². The van der Waals surface area contributed by atoms with Crippen LogP contribution in [0.25, 0.3) is 0 Å². The highest BCUT2D eigenvalue weighted by molar-refractivity contribution is 7.11. The third kappa shape index (κ3) is 5.17. The van der Waals surface area contributed by atoms with Gasteiger partial charge in [0.1, 0.15) is 0 Å². The molecule has 0 aliphatic rings. The van der Waals surface area contributed by atoms with Gasteiger partial charge in [0, 0.05) is 22.5 Å². The summed E-state index contributed by atoms with van der Waals surface area (Å²) >= 11 is 1.72. The molecule has 1 aromatic heterocycles. The zero-order valence-corrected chi connectivity index (χ0v) is 12.1. The number of guanidine groups is 1. The zero-order valence-electron chi connectivity index (χ0n) is 11.2. The lowest BCUT2D eigenvalue weighted by Crippen LogP contribution is -2.45. The molecule has 0 amide bonds. The van der Waals surface area contributed by atoms with Gasteiger partial charge < -0.3 is 11.1 Å². The summed E-state index contributed by atoms with van der Waals surface area (Å²) < 4.78 is 0. The van der Waals surface area contributed by atoms with E-state index in [2.05, 4.69) is 49.9 Å². The number of hydrogen-bond acceptors (Lipinski definition) is 3. The highest BCUT2D eigenvalue weighted by atomic mass is 32.1. The lowest BCUT2D eigenvalue weighted by Gasteiger charge is -2.21. The molecule has 1 unspecified atom stereocenters. The summed E-state index contributed by atoms with van der Waals surface area (Å²) in [5.41, 5.74) is 5.77. The van der Waals surface area contributed by atoms with E-state index < -0.39 is 0 Å². The molecule has 1 heterocycles. The van der Waals surface area contributed by atoms with Crippen LogP contribution in [0.5, 0.6) is 0 Å². The van der Waals surface area contributed by atoms with Crippen molar-refractivity contribution < 1.29 is 0 Å². The predicted octanol–water partition coefficient (Wildman–Crippen LogP) is 2.26. The zero-order chi connectivity index (χ0) is 13.1. The Balaban J connectivity index is 2.52. The van der Waals surface area contributed by atoms with Crippen LogP contribution in [0.4, 0.5) is 0 Å². The van der Waals surface area contributed by atoms with Gasteiger partial charge in [-0.05, 0) is 27.7 Å². The predicted molar refractivity (Wildman–Crippen MR) is 74.6 cm³/mol. The Kier molecular flexibility index (Phi) is 4.51. The van der Waals surface area contributed by atoms with Crippen molar-refractivity contribution in [1.82, 2.24) is 10.3 Å². The first-order valence-electron chi connectivity index (χ1n) is 5.78. The van der Waals surface area contributed by atoms with E-state index in [0.717, 1.165) is 5.01 Å². The van der Waals surface area contributed by atoms with E-state index >= 15 is 0 Å². The molecule has 0 aliphatic heterocycles. The molecule has 0 bridgehead atoms. The molecular formula is C12H22N4S. The van der Waals surface area contributed by atoms with Crippen LogP contribution in [0.1, 0.15) is 43.5 Å². The van der Waals surface area contributed by atoms with Gasteiger partial charge in [0.05, 0.1) is 11.6 Å². The monoisotopic (exact) mass is 254 g/mol. The molecule has 1 aromatic rings. The van der Waals surface area contributed by atoms with Gasteiger partial charge in [-0.1, -0.05) is 6.92 Å². The Hall–Kier alpha value is -1.10. The van der Waals surface area contributed by atoms with E-state index in [9.17, 15) is 0 Å². The number of nitrogens with two attached hydrogens (primary N) is 1. The maximum Gasteiger partial charge on any atom is 0.189 e. The van der Waals surface area contributed by atoms with Crippen molar-refractivity contribution in [1.29, 1.82) is 0 Å². The van der Waals surface area contributed by atoms with Gasteiger partial charge in [0.25, 0.3) is 0 Å². The minimum atomic E-state index is -0.0470. The van der Waals surface area contributed by atoms with Crippen LogP contribution in [0.2, 0.25) is 0 Å². The second-order valence-corrected chi connectivity index (χ2v) is 6.58. The number of aliphatic imine (C=N–C) groups is 1. The standard InChI is InChI=1S/C12H22N4S/c1-8(10-14-7-9(2)17-10)6-15-11(13)16-12(3,4)5/h7-8H,6H2,1-5H3,(H3,13,15,16). The summed E-state index contributed by atoms with van der Waals surface area (Å²) in [6, 6.07) is 0. The fourth-order valence-corrected chi connectivity index (χ4v) is 2.15. The number of hydrogen-bond donors (Lipinski definition) is 2. The summed E-state index contributed by atoms with van der Waals surface area (Å²) in [6.45, 7) is 11.0. The molecule has 5 heteroatoms. The van der Waals surface area contributed by atoms with E-state index in [1.54, 1.807) is 11.3 Å². The second kappa shape index (κ2) is 5.49. The van der Waals surface area contributed by atoms with E-state index in [4.69, 9.17) is 5.73 Å². The highest BCUT2D eigenvalue weighted by Crippen LogP contribution is 2.21. The molecule has 1 atom stereocenters. The van der Waals surface area contributed by atoms with Crippen LogP contribution in [0.3, 0.4) is 0 Å². The summed E-state index contributed by atoms with van der Waals surface area (Å²) in [5.74, 6) is 0.812. The summed E-state index contributed by atoms with van der Waals surface area (Å²) in [4.78, 5) is 9.93. The molecule has 17 heavy (non-hydrogen) atoms. The van der Waals surface area contributed by atoms with Crippen LogP contribution in [0, 0.1) is 6.92 Å². The van der Waals surface area contributed by atoms with Crippen molar-refractivity contribution in [3.8, 4) is 0 Å². The maximum atomic E-state index is 5.81. The van der Waals surface area contributed by atoms with Gasteiger partial charge in [-0.3, -0.25) is 4.99 Å². The van der Waals surface area contributed by atoms with Crippen molar-refractivity contribution in [3.05, 3.63) is 16.1 Å². The lowest BCUT2D eigenvalue weighted by molar-refractivity contribution is 0.507. The number of rotatable bonds is 3. The maximum absolute atomic E-state index is 5.81. The molecule has 0 aromatic carbocycles. The van der Waals surface area contributed by atoms with Crippen LogP contribution in [-0.2, 0) is 0 Å². The second-order valence-electron chi connectivity index (χ2n) is 5.31. The first-order chi connectivity index (χ1) is 7.78. The Labute approximate surface area is 107 Å². The average molecular weight is 254 g/mol. The Bertz CT molecular complexity index is 389. The van der Waals surface area contributed by atoms with Crippen LogP contribution in [0.15, 0.2) is 11.2 Å². The van der Waals surface area contributed by atoms with Crippen molar-refractivity contribution in [3.63, 3.8) is 0 Å². The number of aryl methyl sites for hydroxylation is 1. The van der Waals surface area contributed by atoms with Crippen molar-refractivity contribution >= 4 is 17.3 Å². The van der Waals surface area contributed by atoms with Crippen molar-refractivity contribution in [2.75, 3.05) is 6.54 Å². The Morgan fingerprint density at radius 2 is 2.24 bits per heavy atom. The molecule has 0 fully saturated rings. The fourth-order valence-electron chi connectivity index (χ4n) is 1.34. The number of nitrogens with zero attached hydrogens (tertiary/aromatic N) is 2. The number of nitrogens with one attached hydrogen (secondary N) is 1. The molecular weight excluding hydrogens is 232 g/mol. The van der Waals surface area contributed by atoms with E-state index in [-0.39, 0.29) is 5.54 Å². The summed E-state index contributed by atoms with van der Waals surface area (Å²) in [5, 5.41) is 4.26. The van der Waals surface area contributed by atoms with E-state index in [1.165, 1.54) is 4.88 Å². The van der Waals surface area contributed by atoms with Gasteiger partial charge >= 0.3 is 0 Å². The van der Waals surface area contributed by atoms with Crippen LogP contribution >= 0.6 is 11.3 Å². The SMILES string of the molecule is Cc1cnc(C(C)CN=C(N)NC(C)(C)C)s1. The van der Waals surface area contributed by atoms with Crippen LogP contribution in [-0.4, -0.2) is 23.0 Å². The average Bonchev–Trinajstić information content (AvgIpc) is 2.58. The molecule has 3 N–H and O–H groups in total. The number of aromatic nitrogens is 1. The Morgan fingerprint density at radius 3 is 2.71 bits per heavy atom. The van der Waals surface area contributed by atoms with E-state index in [1.807, 2.05) is 6.20 Å². The molecule has 1 rings (SSSR count). The summed E-state index contributed by atoms with van der Waals surface area (Å²) in [7, 11) is 0. The normalized spacial score (nSPS) is 14.8. The first-order valence-corrected chi connectivity index (χ1v) is 6.60. The molecule has 0 aliphatic carbocycles.